The molecule has 0 heterocycles. The van der Waals surface area contributed by atoms with E-state index in [0.29, 0.717) is 6.54 Å². The van der Waals surface area contributed by atoms with Crippen LogP contribution in [0.3, 0.4) is 0 Å². The Hall–Kier alpha value is -2.49. The monoisotopic (exact) mass is 327 g/mol. The summed E-state index contributed by atoms with van der Waals surface area (Å²) in [6.45, 7) is 8.44. The first-order chi connectivity index (χ1) is 11.4. The lowest BCUT2D eigenvalue weighted by Crippen LogP contribution is -2.28. The van der Waals surface area contributed by atoms with Crippen molar-refractivity contribution in [3.05, 3.63) is 59.2 Å². The highest BCUT2D eigenvalue weighted by Crippen LogP contribution is 2.16. The first-order valence-corrected chi connectivity index (χ1v) is 8.16. The zero-order valence-electron chi connectivity index (χ0n) is 14.8. The number of amides is 1. The number of carbonyl (C=O) groups excluding carboxylic acids is 1. The van der Waals surface area contributed by atoms with E-state index in [9.17, 15) is 4.79 Å². The van der Waals surface area contributed by atoms with E-state index in [1.807, 2.05) is 64.1 Å². The second-order valence-corrected chi connectivity index (χ2v) is 6.20. The number of carbonyl (C=O) groups is 1. The van der Waals surface area contributed by atoms with Crippen molar-refractivity contribution in [3.8, 4) is 11.5 Å². The first kappa shape index (κ1) is 17.9. The highest BCUT2D eigenvalue weighted by atomic mass is 16.5. The lowest BCUT2D eigenvalue weighted by atomic mass is 10.1. The summed E-state index contributed by atoms with van der Waals surface area (Å²) in [5, 5.41) is 2.86. The molecule has 1 N–H and O–H groups in total. The predicted octanol–water partition coefficient (Wildman–Crippen LogP) is 3.79. The average molecular weight is 327 g/mol. The van der Waals surface area contributed by atoms with Crippen LogP contribution in [0.15, 0.2) is 42.5 Å². The number of ether oxygens (including phenoxy) is 2. The molecular formula is C20H25NO3. The summed E-state index contributed by atoms with van der Waals surface area (Å²) >= 11 is 0. The summed E-state index contributed by atoms with van der Waals surface area (Å²) < 4.78 is 11.2. The lowest BCUT2D eigenvalue weighted by Gasteiger charge is -2.12. The summed E-state index contributed by atoms with van der Waals surface area (Å²) in [6.07, 6.45) is 0.126. The van der Waals surface area contributed by atoms with Gasteiger partial charge in [0.1, 0.15) is 11.5 Å². The van der Waals surface area contributed by atoms with Gasteiger partial charge >= 0.3 is 0 Å². The SMILES string of the molecule is Cc1cc(C)cc(OCC(=O)NCc2cccc(OC(C)C)c2)c1. The van der Waals surface area contributed by atoms with Crippen LogP contribution in [-0.2, 0) is 11.3 Å². The van der Waals surface area contributed by atoms with Gasteiger partial charge in [0.05, 0.1) is 6.10 Å². The van der Waals surface area contributed by atoms with Gasteiger partial charge in [-0.25, -0.2) is 0 Å². The van der Waals surface area contributed by atoms with Crippen LogP contribution in [0.1, 0.15) is 30.5 Å². The topological polar surface area (TPSA) is 47.6 Å². The second kappa shape index (κ2) is 8.39. The smallest absolute Gasteiger partial charge is 0.258 e. The summed E-state index contributed by atoms with van der Waals surface area (Å²) in [6, 6.07) is 13.6. The number of hydrogen-bond acceptors (Lipinski definition) is 3. The van der Waals surface area contributed by atoms with Crippen molar-refractivity contribution < 1.29 is 14.3 Å². The molecule has 2 aromatic rings. The molecule has 0 atom stereocenters. The Bertz CT molecular complexity index is 675. The maximum absolute atomic E-state index is 12.0. The van der Waals surface area contributed by atoms with Gasteiger partial charge in [-0.05, 0) is 68.7 Å². The standard InChI is InChI=1S/C20H25NO3/c1-14(2)24-18-7-5-6-17(11-18)12-21-20(22)13-23-19-9-15(3)8-16(4)10-19/h5-11,14H,12-13H2,1-4H3,(H,21,22). The molecule has 0 saturated carbocycles. The summed E-state index contributed by atoms with van der Waals surface area (Å²) in [5.41, 5.74) is 3.23. The van der Waals surface area contributed by atoms with Gasteiger partial charge in [-0.3, -0.25) is 4.79 Å². The van der Waals surface area contributed by atoms with Crippen LogP contribution in [0, 0.1) is 13.8 Å². The zero-order chi connectivity index (χ0) is 17.5. The molecule has 0 aliphatic carbocycles. The molecule has 2 rings (SSSR count). The third-order valence-electron chi connectivity index (χ3n) is 3.33. The molecule has 0 aliphatic rings. The van der Waals surface area contributed by atoms with Gasteiger partial charge in [0, 0.05) is 6.54 Å². The molecule has 0 radical (unpaired) electrons. The number of rotatable bonds is 7. The maximum atomic E-state index is 12.0. The molecule has 0 spiro atoms. The van der Waals surface area contributed by atoms with E-state index < -0.39 is 0 Å². The van der Waals surface area contributed by atoms with Crippen LogP contribution in [0.2, 0.25) is 0 Å². The second-order valence-electron chi connectivity index (χ2n) is 6.20. The normalized spacial score (nSPS) is 10.5. The molecule has 0 aromatic heterocycles. The average Bonchev–Trinajstić information content (AvgIpc) is 2.50. The molecule has 4 heteroatoms. The van der Waals surface area contributed by atoms with Crippen molar-refractivity contribution >= 4 is 5.91 Å². The third-order valence-corrected chi connectivity index (χ3v) is 3.33. The number of hydrogen-bond donors (Lipinski definition) is 1. The number of aryl methyl sites for hydroxylation is 2. The highest BCUT2D eigenvalue weighted by Gasteiger charge is 2.05. The van der Waals surface area contributed by atoms with E-state index in [0.717, 1.165) is 28.2 Å². The molecule has 0 aliphatic heterocycles. The zero-order valence-corrected chi connectivity index (χ0v) is 14.8. The summed E-state index contributed by atoms with van der Waals surface area (Å²) in [4.78, 5) is 12.0. The van der Waals surface area contributed by atoms with Gasteiger partial charge in [-0.1, -0.05) is 18.2 Å². The first-order valence-electron chi connectivity index (χ1n) is 8.16. The Morgan fingerprint density at radius 3 is 2.42 bits per heavy atom. The molecule has 24 heavy (non-hydrogen) atoms. The van der Waals surface area contributed by atoms with Gasteiger partial charge in [0.25, 0.3) is 5.91 Å². The summed E-state index contributed by atoms with van der Waals surface area (Å²) in [7, 11) is 0. The van der Waals surface area contributed by atoms with Crippen LogP contribution in [0.5, 0.6) is 11.5 Å². The Kier molecular flexibility index (Phi) is 6.24. The molecule has 4 nitrogen and oxygen atoms in total. The van der Waals surface area contributed by atoms with E-state index in [1.165, 1.54) is 0 Å². The Morgan fingerprint density at radius 1 is 1.04 bits per heavy atom. The molecule has 0 saturated heterocycles. The fraction of sp³-hybridized carbons (Fsp3) is 0.350. The minimum absolute atomic E-state index is 0.00504. The Balaban J connectivity index is 1.82. The fourth-order valence-corrected chi connectivity index (χ4v) is 2.42. The van der Waals surface area contributed by atoms with E-state index in [2.05, 4.69) is 11.4 Å². The molecule has 0 bridgehead atoms. The highest BCUT2D eigenvalue weighted by molar-refractivity contribution is 5.77. The van der Waals surface area contributed by atoms with Gasteiger partial charge < -0.3 is 14.8 Å². The fourth-order valence-electron chi connectivity index (χ4n) is 2.42. The lowest BCUT2D eigenvalue weighted by molar-refractivity contribution is -0.123. The Morgan fingerprint density at radius 2 is 1.75 bits per heavy atom. The van der Waals surface area contributed by atoms with Crippen LogP contribution < -0.4 is 14.8 Å². The van der Waals surface area contributed by atoms with Gasteiger partial charge in [0.2, 0.25) is 0 Å². The van der Waals surface area contributed by atoms with Crippen molar-refractivity contribution in [2.75, 3.05) is 6.61 Å². The van der Waals surface area contributed by atoms with Crippen LogP contribution in [0.4, 0.5) is 0 Å². The van der Waals surface area contributed by atoms with Gasteiger partial charge in [0.15, 0.2) is 6.61 Å². The van der Waals surface area contributed by atoms with Crippen molar-refractivity contribution in [1.29, 1.82) is 0 Å². The largest absolute Gasteiger partial charge is 0.491 e. The van der Waals surface area contributed by atoms with Crippen molar-refractivity contribution in [2.45, 2.75) is 40.3 Å². The Labute approximate surface area is 143 Å². The van der Waals surface area contributed by atoms with Crippen LogP contribution in [-0.4, -0.2) is 18.6 Å². The number of nitrogens with one attached hydrogen (secondary N) is 1. The van der Waals surface area contributed by atoms with Crippen molar-refractivity contribution in [3.63, 3.8) is 0 Å². The van der Waals surface area contributed by atoms with Crippen LogP contribution in [0.25, 0.3) is 0 Å². The van der Waals surface area contributed by atoms with Crippen molar-refractivity contribution in [2.24, 2.45) is 0 Å². The van der Waals surface area contributed by atoms with Gasteiger partial charge in [-0.2, -0.15) is 0 Å². The van der Waals surface area contributed by atoms with Crippen molar-refractivity contribution in [1.82, 2.24) is 5.32 Å². The molecule has 0 unspecified atom stereocenters. The van der Waals surface area contributed by atoms with E-state index in [1.54, 1.807) is 0 Å². The van der Waals surface area contributed by atoms with E-state index in [4.69, 9.17) is 9.47 Å². The van der Waals surface area contributed by atoms with E-state index in [-0.39, 0.29) is 18.6 Å². The number of benzene rings is 2. The molecular weight excluding hydrogens is 302 g/mol. The molecule has 0 fully saturated rings. The molecule has 2 aromatic carbocycles. The summed E-state index contributed by atoms with van der Waals surface area (Å²) in [5.74, 6) is 1.38. The molecule has 128 valence electrons. The quantitative estimate of drug-likeness (QED) is 0.842. The third kappa shape index (κ3) is 5.95. The minimum atomic E-state index is -0.149. The predicted molar refractivity (Wildman–Crippen MR) is 95.5 cm³/mol. The molecule has 1 amide bonds. The van der Waals surface area contributed by atoms with Gasteiger partial charge in [-0.15, -0.1) is 0 Å². The van der Waals surface area contributed by atoms with Crippen LogP contribution >= 0.6 is 0 Å². The maximum Gasteiger partial charge on any atom is 0.258 e. The van der Waals surface area contributed by atoms with E-state index >= 15 is 0 Å². The minimum Gasteiger partial charge on any atom is -0.491 e.